The predicted octanol–water partition coefficient (Wildman–Crippen LogP) is 5.01. The Balaban J connectivity index is 1.50. The van der Waals surface area contributed by atoms with Crippen LogP contribution in [0.4, 0.5) is 5.69 Å². The van der Waals surface area contributed by atoms with E-state index >= 15 is 0 Å². The number of nitrogens with one attached hydrogen (secondary N) is 1. The van der Waals surface area contributed by atoms with Crippen LogP contribution in [-0.4, -0.2) is 34.2 Å². The SMILES string of the molecule is CCOc1ccc(NC(=O)CCCN2C(=O)/C(=C/c3ccccc3C)SC2=S)cc1. The normalized spacial score (nSPS) is 15.0. The van der Waals surface area contributed by atoms with Gasteiger partial charge in [0.05, 0.1) is 11.5 Å². The lowest BCUT2D eigenvalue weighted by atomic mass is 10.1. The third-order valence-corrected chi connectivity index (χ3v) is 5.96. The number of carbonyl (C=O) groups excluding carboxylic acids is 2. The van der Waals surface area contributed by atoms with Crippen LogP contribution < -0.4 is 10.1 Å². The summed E-state index contributed by atoms with van der Waals surface area (Å²) in [4.78, 5) is 27.1. The first-order valence-corrected chi connectivity index (χ1v) is 11.0. The lowest BCUT2D eigenvalue weighted by Crippen LogP contribution is -2.29. The number of thiocarbonyl (C=S) groups is 1. The average molecular weight is 441 g/mol. The third kappa shape index (κ3) is 5.70. The summed E-state index contributed by atoms with van der Waals surface area (Å²) in [6.45, 7) is 4.96. The Morgan fingerprint density at radius 3 is 2.63 bits per heavy atom. The van der Waals surface area contributed by atoms with Crippen molar-refractivity contribution in [1.82, 2.24) is 4.90 Å². The molecule has 0 saturated carbocycles. The van der Waals surface area contributed by atoms with Crippen molar-refractivity contribution in [2.75, 3.05) is 18.5 Å². The fourth-order valence-corrected chi connectivity index (χ4v) is 4.30. The van der Waals surface area contributed by atoms with Gasteiger partial charge in [0.1, 0.15) is 10.1 Å². The maximum atomic E-state index is 12.7. The highest BCUT2D eigenvalue weighted by atomic mass is 32.2. The standard InChI is InChI=1S/C23H24N2O3S2/c1-3-28-19-12-10-18(11-13-19)24-21(26)9-6-14-25-22(27)20(30-23(25)29)15-17-8-5-4-7-16(17)2/h4-5,7-8,10-13,15H,3,6,9,14H2,1-2H3,(H,24,26)/b20-15-. The number of thioether (sulfide) groups is 1. The van der Waals surface area contributed by atoms with Gasteiger partial charge < -0.3 is 10.1 Å². The molecule has 1 fully saturated rings. The second kappa shape index (κ2) is 10.4. The monoisotopic (exact) mass is 440 g/mol. The minimum absolute atomic E-state index is 0.0971. The Hall–Kier alpha value is -2.64. The summed E-state index contributed by atoms with van der Waals surface area (Å²) in [5, 5.41) is 2.86. The van der Waals surface area contributed by atoms with E-state index in [1.165, 1.54) is 11.8 Å². The van der Waals surface area contributed by atoms with Crippen LogP contribution in [0.1, 0.15) is 30.9 Å². The summed E-state index contributed by atoms with van der Waals surface area (Å²) >= 11 is 6.68. The number of carbonyl (C=O) groups is 2. The maximum Gasteiger partial charge on any atom is 0.266 e. The van der Waals surface area contributed by atoms with Gasteiger partial charge in [0.15, 0.2) is 0 Å². The van der Waals surface area contributed by atoms with Gasteiger partial charge in [-0.25, -0.2) is 0 Å². The van der Waals surface area contributed by atoms with E-state index in [-0.39, 0.29) is 11.8 Å². The van der Waals surface area contributed by atoms with Crippen molar-refractivity contribution < 1.29 is 14.3 Å². The van der Waals surface area contributed by atoms with Crippen LogP contribution in [0.25, 0.3) is 6.08 Å². The summed E-state index contributed by atoms with van der Waals surface area (Å²) in [6, 6.07) is 15.2. The summed E-state index contributed by atoms with van der Waals surface area (Å²) < 4.78 is 5.93. The molecule has 7 heteroatoms. The minimum atomic E-state index is -0.0972. The number of hydrogen-bond donors (Lipinski definition) is 1. The average Bonchev–Trinajstić information content (AvgIpc) is 2.99. The zero-order valence-electron chi connectivity index (χ0n) is 17.0. The van der Waals surface area contributed by atoms with Crippen molar-refractivity contribution in [3.05, 3.63) is 64.6 Å². The molecule has 2 aromatic rings. The summed E-state index contributed by atoms with van der Waals surface area (Å²) in [5.74, 6) is 0.573. The summed E-state index contributed by atoms with van der Waals surface area (Å²) in [7, 11) is 0. The van der Waals surface area contributed by atoms with E-state index in [0.29, 0.717) is 35.2 Å². The molecule has 0 aliphatic carbocycles. The van der Waals surface area contributed by atoms with Crippen LogP contribution in [-0.2, 0) is 9.59 Å². The fraction of sp³-hybridized carbons (Fsp3) is 0.261. The zero-order valence-corrected chi connectivity index (χ0v) is 18.6. The first-order valence-electron chi connectivity index (χ1n) is 9.81. The third-order valence-electron chi connectivity index (χ3n) is 4.58. The maximum absolute atomic E-state index is 12.7. The van der Waals surface area contributed by atoms with E-state index in [1.54, 1.807) is 17.0 Å². The van der Waals surface area contributed by atoms with Crippen LogP contribution in [0.3, 0.4) is 0 Å². The smallest absolute Gasteiger partial charge is 0.266 e. The number of benzene rings is 2. The predicted molar refractivity (Wildman–Crippen MR) is 127 cm³/mol. The Labute approximate surface area is 186 Å². The molecule has 0 unspecified atom stereocenters. The number of nitrogens with zero attached hydrogens (tertiary/aromatic N) is 1. The first-order chi connectivity index (χ1) is 14.5. The molecule has 1 heterocycles. The van der Waals surface area contributed by atoms with Gasteiger partial charge in [-0.05, 0) is 61.7 Å². The molecule has 0 aromatic heterocycles. The van der Waals surface area contributed by atoms with Gasteiger partial charge in [-0.3, -0.25) is 14.5 Å². The van der Waals surface area contributed by atoms with E-state index in [0.717, 1.165) is 22.6 Å². The van der Waals surface area contributed by atoms with E-state index in [1.807, 2.05) is 56.3 Å². The molecule has 0 radical (unpaired) electrons. The molecule has 1 saturated heterocycles. The van der Waals surface area contributed by atoms with Gasteiger partial charge in [0.2, 0.25) is 5.91 Å². The van der Waals surface area contributed by atoms with Gasteiger partial charge >= 0.3 is 0 Å². The van der Waals surface area contributed by atoms with Gasteiger partial charge in [0.25, 0.3) is 5.91 Å². The molecule has 0 bridgehead atoms. The fourth-order valence-electron chi connectivity index (χ4n) is 3.01. The Bertz CT molecular complexity index is 971. The van der Waals surface area contributed by atoms with Crippen molar-refractivity contribution in [2.24, 2.45) is 0 Å². The molecule has 156 valence electrons. The van der Waals surface area contributed by atoms with E-state index < -0.39 is 0 Å². The van der Waals surface area contributed by atoms with E-state index in [4.69, 9.17) is 17.0 Å². The molecule has 1 aliphatic heterocycles. The van der Waals surface area contributed by atoms with Crippen LogP contribution >= 0.6 is 24.0 Å². The summed E-state index contributed by atoms with van der Waals surface area (Å²) in [5.41, 5.74) is 2.83. The molecular weight excluding hydrogens is 416 g/mol. The summed E-state index contributed by atoms with van der Waals surface area (Å²) in [6.07, 6.45) is 2.72. The highest BCUT2D eigenvalue weighted by Crippen LogP contribution is 2.33. The molecule has 30 heavy (non-hydrogen) atoms. The van der Waals surface area contributed by atoms with Crippen LogP contribution in [0.5, 0.6) is 5.75 Å². The molecule has 0 spiro atoms. The number of rotatable bonds is 8. The molecule has 1 N–H and O–H groups in total. The van der Waals surface area contributed by atoms with Crippen LogP contribution in [0.15, 0.2) is 53.4 Å². The number of ether oxygens (including phenoxy) is 1. The topological polar surface area (TPSA) is 58.6 Å². The second-order valence-corrected chi connectivity index (χ2v) is 8.47. The van der Waals surface area contributed by atoms with Gasteiger partial charge in [-0.2, -0.15) is 0 Å². The Morgan fingerprint density at radius 1 is 1.20 bits per heavy atom. The van der Waals surface area contributed by atoms with Crippen molar-refractivity contribution in [3.63, 3.8) is 0 Å². The second-order valence-electron chi connectivity index (χ2n) is 6.80. The molecule has 5 nitrogen and oxygen atoms in total. The van der Waals surface area contributed by atoms with Crippen molar-refractivity contribution in [2.45, 2.75) is 26.7 Å². The zero-order chi connectivity index (χ0) is 21.5. The van der Waals surface area contributed by atoms with Crippen molar-refractivity contribution in [3.8, 4) is 5.75 Å². The lowest BCUT2D eigenvalue weighted by Gasteiger charge is -2.14. The largest absolute Gasteiger partial charge is 0.494 e. The number of anilines is 1. The highest BCUT2D eigenvalue weighted by Gasteiger charge is 2.31. The Kier molecular flexibility index (Phi) is 7.65. The number of aryl methyl sites for hydroxylation is 1. The molecule has 2 aromatic carbocycles. The van der Waals surface area contributed by atoms with Crippen molar-refractivity contribution in [1.29, 1.82) is 0 Å². The molecule has 0 atom stereocenters. The van der Waals surface area contributed by atoms with Crippen molar-refractivity contribution >= 4 is 51.9 Å². The highest BCUT2D eigenvalue weighted by molar-refractivity contribution is 8.26. The first kappa shape index (κ1) is 22.1. The van der Waals surface area contributed by atoms with E-state index in [2.05, 4.69) is 5.32 Å². The van der Waals surface area contributed by atoms with Crippen LogP contribution in [0, 0.1) is 6.92 Å². The molecular formula is C23H24N2O3S2. The van der Waals surface area contributed by atoms with Gasteiger partial charge in [-0.15, -0.1) is 0 Å². The lowest BCUT2D eigenvalue weighted by molar-refractivity contribution is -0.122. The molecule has 1 aliphatic rings. The van der Waals surface area contributed by atoms with Crippen LogP contribution in [0.2, 0.25) is 0 Å². The number of hydrogen-bond acceptors (Lipinski definition) is 5. The molecule has 3 rings (SSSR count). The van der Waals surface area contributed by atoms with Gasteiger partial charge in [-0.1, -0.05) is 48.2 Å². The quantitative estimate of drug-likeness (QED) is 0.462. The molecule has 2 amide bonds. The van der Waals surface area contributed by atoms with Gasteiger partial charge in [0, 0.05) is 18.7 Å². The van der Waals surface area contributed by atoms with E-state index in [9.17, 15) is 9.59 Å². The minimum Gasteiger partial charge on any atom is -0.494 e. The Morgan fingerprint density at radius 2 is 1.93 bits per heavy atom. The number of amides is 2.